The SMILES string of the molecule is CNCCc1noc(-c2cn(C)nc2C)n1. The number of hydrogen-bond donors (Lipinski definition) is 1. The number of nitrogens with one attached hydrogen (secondary N) is 1. The Labute approximate surface area is 93.7 Å². The summed E-state index contributed by atoms with van der Waals surface area (Å²) in [6, 6.07) is 0. The molecular weight excluding hydrogens is 206 g/mol. The van der Waals surface area contributed by atoms with Crippen molar-refractivity contribution in [1.29, 1.82) is 0 Å². The number of aryl methyl sites for hydroxylation is 2. The van der Waals surface area contributed by atoms with Crippen molar-refractivity contribution in [3.63, 3.8) is 0 Å². The van der Waals surface area contributed by atoms with Gasteiger partial charge in [0.15, 0.2) is 5.82 Å². The van der Waals surface area contributed by atoms with Crippen molar-refractivity contribution in [3.05, 3.63) is 17.7 Å². The second-order valence-electron chi connectivity index (χ2n) is 3.67. The summed E-state index contributed by atoms with van der Waals surface area (Å²) in [4.78, 5) is 4.32. The smallest absolute Gasteiger partial charge is 0.261 e. The fraction of sp³-hybridized carbons (Fsp3) is 0.500. The van der Waals surface area contributed by atoms with Gasteiger partial charge in [0.05, 0.1) is 11.3 Å². The van der Waals surface area contributed by atoms with Gasteiger partial charge >= 0.3 is 0 Å². The Hall–Kier alpha value is -1.69. The molecule has 0 bridgehead atoms. The van der Waals surface area contributed by atoms with Crippen LogP contribution >= 0.6 is 0 Å². The zero-order valence-corrected chi connectivity index (χ0v) is 9.69. The van der Waals surface area contributed by atoms with Gasteiger partial charge in [-0.15, -0.1) is 0 Å². The molecule has 0 fully saturated rings. The van der Waals surface area contributed by atoms with Crippen LogP contribution in [0.3, 0.4) is 0 Å². The van der Waals surface area contributed by atoms with E-state index >= 15 is 0 Å². The lowest BCUT2D eigenvalue weighted by Gasteiger charge is -1.90. The summed E-state index contributed by atoms with van der Waals surface area (Å²) in [6.45, 7) is 2.76. The first-order chi connectivity index (χ1) is 7.70. The molecule has 0 amide bonds. The number of nitrogens with zero attached hydrogens (tertiary/aromatic N) is 4. The highest BCUT2D eigenvalue weighted by Crippen LogP contribution is 2.19. The van der Waals surface area contributed by atoms with E-state index < -0.39 is 0 Å². The van der Waals surface area contributed by atoms with Crippen LogP contribution in [0.15, 0.2) is 10.7 Å². The highest BCUT2D eigenvalue weighted by Gasteiger charge is 2.13. The van der Waals surface area contributed by atoms with E-state index in [1.165, 1.54) is 0 Å². The second kappa shape index (κ2) is 4.44. The van der Waals surface area contributed by atoms with Crippen LogP contribution in [-0.4, -0.2) is 33.5 Å². The van der Waals surface area contributed by atoms with Crippen LogP contribution < -0.4 is 5.32 Å². The lowest BCUT2D eigenvalue weighted by molar-refractivity contribution is 0.422. The summed E-state index contributed by atoms with van der Waals surface area (Å²) in [5, 5.41) is 11.2. The van der Waals surface area contributed by atoms with Crippen LogP contribution in [0.2, 0.25) is 0 Å². The molecule has 0 radical (unpaired) electrons. The summed E-state index contributed by atoms with van der Waals surface area (Å²) in [7, 11) is 3.76. The Balaban J connectivity index is 2.21. The summed E-state index contributed by atoms with van der Waals surface area (Å²) in [5.41, 5.74) is 1.79. The van der Waals surface area contributed by atoms with Gasteiger partial charge in [0.2, 0.25) is 0 Å². The van der Waals surface area contributed by atoms with E-state index in [0.29, 0.717) is 11.7 Å². The highest BCUT2D eigenvalue weighted by atomic mass is 16.5. The number of likely N-dealkylation sites (N-methyl/N-ethyl adjacent to an activating group) is 1. The van der Waals surface area contributed by atoms with E-state index in [4.69, 9.17) is 4.52 Å². The van der Waals surface area contributed by atoms with E-state index in [9.17, 15) is 0 Å². The van der Waals surface area contributed by atoms with Crippen molar-refractivity contribution < 1.29 is 4.52 Å². The third-order valence-corrected chi connectivity index (χ3v) is 2.31. The topological polar surface area (TPSA) is 68.8 Å². The van der Waals surface area contributed by atoms with E-state index in [1.54, 1.807) is 4.68 Å². The molecule has 0 unspecified atom stereocenters. The third kappa shape index (κ3) is 2.11. The molecule has 1 N–H and O–H groups in total. The number of aromatic nitrogens is 4. The number of hydrogen-bond acceptors (Lipinski definition) is 5. The predicted molar refractivity (Wildman–Crippen MR) is 58.9 cm³/mol. The highest BCUT2D eigenvalue weighted by molar-refractivity contribution is 5.54. The first kappa shape index (κ1) is 10.8. The molecule has 0 spiro atoms. The predicted octanol–water partition coefficient (Wildman–Crippen LogP) is 0.540. The Morgan fingerprint density at radius 1 is 1.50 bits per heavy atom. The molecule has 86 valence electrons. The van der Waals surface area contributed by atoms with Gasteiger partial charge in [-0.05, 0) is 14.0 Å². The maximum Gasteiger partial charge on any atom is 0.261 e. The largest absolute Gasteiger partial charge is 0.334 e. The summed E-state index contributed by atoms with van der Waals surface area (Å²) >= 11 is 0. The van der Waals surface area contributed by atoms with Crippen LogP contribution in [0.4, 0.5) is 0 Å². The fourth-order valence-corrected chi connectivity index (χ4v) is 1.51. The standard InChI is InChI=1S/C10H15N5O/c1-7-8(6-15(3)13-7)10-12-9(14-16-10)4-5-11-2/h6,11H,4-5H2,1-3H3. The maximum atomic E-state index is 5.20. The summed E-state index contributed by atoms with van der Waals surface area (Å²) in [5.74, 6) is 1.25. The van der Waals surface area contributed by atoms with E-state index in [1.807, 2.05) is 27.2 Å². The molecule has 2 aromatic rings. The van der Waals surface area contributed by atoms with Crippen molar-refractivity contribution in [3.8, 4) is 11.5 Å². The zero-order chi connectivity index (χ0) is 11.5. The molecule has 0 saturated carbocycles. The molecule has 0 atom stereocenters. The van der Waals surface area contributed by atoms with Gasteiger partial charge in [-0.3, -0.25) is 4.68 Å². The molecule has 0 saturated heterocycles. The summed E-state index contributed by atoms with van der Waals surface area (Å²) in [6.07, 6.45) is 2.64. The molecule has 2 aromatic heterocycles. The van der Waals surface area contributed by atoms with Gasteiger partial charge < -0.3 is 9.84 Å². The van der Waals surface area contributed by atoms with Crippen molar-refractivity contribution in [2.45, 2.75) is 13.3 Å². The van der Waals surface area contributed by atoms with Gasteiger partial charge in [-0.2, -0.15) is 10.1 Å². The molecule has 6 heteroatoms. The van der Waals surface area contributed by atoms with Crippen LogP contribution in [-0.2, 0) is 13.5 Å². The van der Waals surface area contributed by atoms with E-state index in [0.717, 1.165) is 24.2 Å². The average molecular weight is 221 g/mol. The summed E-state index contributed by atoms with van der Waals surface area (Å²) < 4.78 is 6.94. The zero-order valence-electron chi connectivity index (χ0n) is 9.69. The second-order valence-corrected chi connectivity index (χ2v) is 3.67. The van der Waals surface area contributed by atoms with Gasteiger partial charge in [0.1, 0.15) is 0 Å². The Morgan fingerprint density at radius 2 is 2.31 bits per heavy atom. The number of rotatable bonds is 4. The van der Waals surface area contributed by atoms with Gasteiger partial charge in [-0.25, -0.2) is 0 Å². The lowest BCUT2D eigenvalue weighted by Crippen LogP contribution is -2.10. The molecular formula is C10H15N5O. The van der Waals surface area contributed by atoms with Crippen molar-refractivity contribution in [1.82, 2.24) is 25.2 Å². The van der Waals surface area contributed by atoms with Crippen molar-refractivity contribution in [2.24, 2.45) is 7.05 Å². The van der Waals surface area contributed by atoms with Crippen LogP contribution in [0.25, 0.3) is 11.5 Å². The van der Waals surface area contributed by atoms with Gasteiger partial charge in [0.25, 0.3) is 5.89 Å². The van der Waals surface area contributed by atoms with Crippen molar-refractivity contribution >= 4 is 0 Å². The molecule has 0 aliphatic heterocycles. The first-order valence-electron chi connectivity index (χ1n) is 5.18. The molecule has 6 nitrogen and oxygen atoms in total. The van der Waals surface area contributed by atoms with E-state index in [2.05, 4.69) is 20.6 Å². The average Bonchev–Trinajstić information content (AvgIpc) is 2.82. The maximum absolute atomic E-state index is 5.20. The van der Waals surface area contributed by atoms with E-state index in [-0.39, 0.29) is 0 Å². The minimum Gasteiger partial charge on any atom is -0.334 e. The Bertz CT molecular complexity index is 473. The molecule has 0 aliphatic carbocycles. The van der Waals surface area contributed by atoms with Gasteiger partial charge in [0, 0.05) is 26.2 Å². The monoisotopic (exact) mass is 221 g/mol. The van der Waals surface area contributed by atoms with Gasteiger partial charge in [-0.1, -0.05) is 5.16 Å². The molecule has 16 heavy (non-hydrogen) atoms. The fourth-order valence-electron chi connectivity index (χ4n) is 1.51. The molecule has 0 aromatic carbocycles. The quantitative estimate of drug-likeness (QED) is 0.816. The molecule has 0 aliphatic rings. The minimum absolute atomic E-state index is 0.539. The minimum atomic E-state index is 0.539. The third-order valence-electron chi connectivity index (χ3n) is 2.31. The van der Waals surface area contributed by atoms with Crippen LogP contribution in [0, 0.1) is 6.92 Å². The first-order valence-corrected chi connectivity index (χ1v) is 5.18. The van der Waals surface area contributed by atoms with Crippen LogP contribution in [0.5, 0.6) is 0 Å². The van der Waals surface area contributed by atoms with Crippen molar-refractivity contribution in [2.75, 3.05) is 13.6 Å². The molecule has 2 heterocycles. The Kier molecular flexibility index (Phi) is 3.00. The van der Waals surface area contributed by atoms with Crippen LogP contribution in [0.1, 0.15) is 11.5 Å². The Morgan fingerprint density at radius 3 is 2.94 bits per heavy atom. The molecule has 2 rings (SSSR count). The lowest BCUT2D eigenvalue weighted by atomic mass is 10.3. The normalized spacial score (nSPS) is 10.9.